The van der Waals surface area contributed by atoms with Crippen LogP contribution in [-0.2, 0) is 23.6 Å². The fourth-order valence-corrected chi connectivity index (χ4v) is 4.48. The van der Waals surface area contributed by atoms with Crippen molar-refractivity contribution in [3.05, 3.63) is 88.7 Å². The minimum atomic E-state index is -5.03. The topological polar surface area (TPSA) is 145 Å². The molecule has 0 saturated heterocycles. The second-order valence-corrected chi connectivity index (χ2v) is 10.4. The number of nitrogens with one attached hydrogen (secondary N) is 2. The Balaban J connectivity index is 0.000000483. The van der Waals surface area contributed by atoms with E-state index in [2.05, 4.69) is 22.0 Å². The summed E-state index contributed by atoms with van der Waals surface area (Å²) in [5, 5.41) is 9.57. The molecule has 0 aliphatic carbocycles. The van der Waals surface area contributed by atoms with Crippen LogP contribution in [0.1, 0.15) is 86.8 Å². The maximum absolute atomic E-state index is 12.6. The predicted octanol–water partition coefficient (Wildman–Crippen LogP) is 8.45. The first-order chi connectivity index (χ1) is 23.6. The lowest BCUT2D eigenvalue weighted by molar-refractivity contribution is -0.143. The third-order valence-corrected chi connectivity index (χ3v) is 6.60. The summed E-state index contributed by atoms with van der Waals surface area (Å²) in [5.41, 5.74) is 2.76. The second-order valence-electron chi connectivity index (χ2n) is 9.96. The van der Waals surface area contributed by atoms with Crippen LogP contribution in [0, 0.1) is 0 Å². The highest BCUT2D eigenvalue weighted by atomic mass is 32.2. The minimum Gasteiger partial charge on any atom is -0.490 e. The average molecular weight is 732 g/mol. The zero-order valence-corrected chi connectivity index (χ0v) is 29.4. The van der Waals surface area contributed by atoms with Crippen LogP contribution in [-0.4, -0.2) is 30.8 Å². The Kier molecular flexibility index (Phi) is 18.4. The number of halogens is 6. The van der Waals surface area contributed by atoms with Crippen molar-refractivity contribution in [1.29, 1.82) is 0 Å². The number of nitrogens with two attached hydrogens (primary N) is 2. The molecule has 16 heteroatoms. The number of hydrogen-bond donors (Lipinski definition) is 4. The molecule has 50 heavy (non-hydrogen) atoms. The molecule has 276 valence electrons. The maximum Gasteiger partial charge on any atom is 0.416 e. The van der Waals surface area contributed by atoms with Crippen LogP contribution >= 0.6 is 12.1 Å². The molecule has 1 unspecified atom stereocenters. The van der Waals surface area contributed by atoms with Gasteiger partial charge in [0.15, 0.2) is 11.3 Å². The first kappa shape index (κ1) is 43.7. The Bertz CT molecular complexity index is 1600. The predicted molar refractivity (Wildman–Crippen MR) is 185 cm³/mol. The Morgan fingerprint density at radius 3 is 2.10 bits per heavy atom. The Hall–Kier alpha value is -4.28. The molecule has 3 aromatic rings. The highest BCUT2D eigenvalue weighted by Crippen LogP contribution is 2.37. The molecule has 0 saturated carbocycles. The number of amidine groups is 1. The van der Waals surface area contributed by atoms with Crippen LogP contribution in [0.2, 0.25) is 0 Å². The number of benzene rings is 2. The largest absolute Gasteiger partial charge is 0.490 e. The Morgan fingerprint density at radius 2 is 1.60 bits per heavy atom. The lowest BCUT2D eigenvalue weighted by Gasteiger charge is -2.18. The molecule has 6 N–H and O–H groups in total. The van der Waals surface area contributed by atoms with Gasteiger partial charge in [0.05, 0.1) is 17.7 Å². The molecule has 2 amide bonds. The van der Waals surface area contributed by atoms with Crippen LogP contribution < -0.4 is 25.6 Å². The fourth-order valence-electron chi connectivity index (χ4n) is 4.25. The smallest absolute Gasteiger partial charge is 0.416 e. The zero-order valence-electron chi connectivity index (χ0n) is 28.6. The van der Waals surface area contributed by atoms with Gasteiger partial charge in [0.2, 0.25) is 0 Å². The summed E-state index contributed by atoms with van der Waals surface area (Å²) < 4.78 is 90.1. The van der Waals surface area contributed by atoms with E-state index in [0.717, 1.165) is 47.3 Å². The van der Waals surface area contributed by atoms with Gasteiger partial charge in [0.1, 0.15) is 17.6 Å². The number of ether oxygens (including phenoxy) is 1. The molecule has 3 rings (SSSR count). The normalized spacial score (nSPS) is 12.7. The van der Waals surface area contributed by atoms with Crippen LogP contribution in [0.25, 0.3) is 11.0 Å². The first-order valence-corrected chi connectivity index (χ1v) is 16.5. The number of aliphatic imine (C=N–C) groups is 1. The van der Waals surface area contributed by atoms with Crippen molar-refractivity contribution in [3.63, 3.8) is 0 Å². The van der Waals surface area contributed by atoms with Crippen LogP contribution in [0.5, 0.6) is 5.75 Å². The molecule has 1 heterocycles. The van der Waals surface area contributed by atoms with Gasteiger partial charge in [0.25, 0.3) is 11.8 Å². The van der Waals surface area contributed by atoms with E-state index in [0.29, 0.717) is 31.0 Å². The van der Waals surface area contributed by atoms with Crippen LogP contribution in [0.4, 0.5) is 26.3 Å². The van der Waals surface area contributed by atoms with E-state index in [1.807, 2.05) is 58.0 Å². The SMILES string of the molecule is C/C=C/C(N)=NC(=O)c1cc(C(F)(F)F)cc(C(F)(F)F)c1.C/C=C\CNC(C(=O)NSN)c1cc(OCC)c2oc(CCC)cc2c1.CC. The molecule has 0 spiro atoms. The van der Waals surface area contributed by atoms with Gasteiger partial charge in [-0.3, -0.25) is 24.8 Å². The molecular weight excluding hydrogens is 688 g/mol. The van der Waals surface area contributed by atoms with E-state index in [4.69, 9.17) is 20.0 Å². The quantitative estimate of drug-likeness (QED) is 0.0478. The maximum atomic E-state index is 12.6. The molecule has 1 aromatic heterocycles. The van der Waals surface area contributed by atoms with Crippen molar-refractivity contribution >= 4 is 40.8 Å². The molecule has 9 nitrogen and oxygen atoms in total. The van der Waals surface area contributed by atoms with Crippen molar-refractivity contribution in [2.45, 2.75) is 72.8 Å². The first-order valence-electron chi connectivity index (χ1n) is 15.6. The van der Waals surface area contributed by atoms with Gasteiger partial charge < -0.3 is 14.9 Å². The lowest BCUT2D eigenvalue weighted by Crippen LogP contribution is -2.35. The van der Waals surface area contributed by atoms with Gasteiger partial charge in [-0.15, -0.1) is 0 Å². The fraction of sp³-hybridized carbons (Fsp3) is 0.382. The number of carbonyl (C=O) groups is 2. The number of furan rings is 1. The number of hydrogen-bond acceptors (Lipinski definition) is 7. The van der Waals surface area contributed by atoms with Gasteiger partial charge in [-0.05, 0) is 75.2 Å². The molecule has 0 bridgehead atoms. The highest BCUT2D eigenvalue weighted by Gasteiger charge is 2.37. The van der Waals surface area contributed by atoms with Crippen molar-refractivity contribution in [2.75, 3.05) is 13.2 Å². The van der Waals surface area contributed by atoms with Crippen LogP contribution in [0.3, 0.4) is 0 Å². The van der Waals surface area contributed by atoms with Gasteiger partial charge in [-0.25, -0.2) is 0 Å². The summed E-state index contributed by atoms with van der Waals surface area (Å²) in [4.78, 5) is 27.4. The standard InChI is InChI=1S/C19H27N3O3S.C13H10F6N2O.C2H6/c1-4-7-9-21-17(19(23)22-26-20)13-10-14-11-15(8-5-2)25-18(14)16(12-13)24-6-3;1-2-3-10(20)21-11(22)7-4-8(12(14,15)16)6-9(5-7)13(17,18)19;1-2/h4,7,10-12,17,21H,5-6,8-9,20H2,1-3H3,(H,22,23);2-6H,1H3,(H2,20,21,22);1-2H3/b7-4-;3-2+;. The number of nitrogens with zero attached hydrogens (tertiary/aromatic N) is 1. The van der Waals surface area contributed by atoms with Gasteiger partial charge in [0, 0.05) is 36.0 Å². The minimum absolute atomic E-state index is 0.0736. The van der Waals surface area contributed by atoms with Gasteiger partial charge in [-0.2, -0.15) is 31.3 Å². The summed E-state index contributed by atoms with van der Waals surface area (Å²) in [6.45, 7) is 12.6. The van der Waals surface area contributed by atoms with E-state index in [9.17, 15) is 35.9 Å². The molecule has 0 aliphatic heterocycles. The summed E-state index contributed by atoms with van der Waals surface area (Å²) >= 11 is 0.793. The van der Waals surface area contributed by atoms with Crippen molar-refractivity contribution in [2.24, 2.45) is 15.9 Å². The number of amides is 2. The Labute approximate surface area is 291 Å². The number of rotatable bonds is 12. The molecule has 0 radical (unpaired) electrons. The highest BCUT2D eigenvalue weighted by molar-refractivity contribution is 7.95. The number of fused-ring (bicyclic) bond motifs is 1. The third-order valence-electron chi connectivity index (χ3n) is 6.29. The van der Waals surface area contributed by atoms with E-state index in [1.165, 1.54) is 12.2 Å². The number of allylic oxidation sites excluding steroid dienone is 2. The van der Waals surface area contributed by atoms with Crippen molar-refractivity contribution in [1.82, 2.24) is 10.0 Å². The summed E-state index contributed by atoms with van der Waals surface area (Å²) in [5.74, 6) is -0.277. The van der Waals surface area contributed by atoms with E-state index in [-0.39, 0.29) is 17.8 Å². The molecular formula is C34H43F6N5O4S. The summed E-state index contributed by atoms with van der Waals surface area (Å²) in [6, 6.07) is 5.82. The van der Waals surface area contributed by atoms with Crippen LogP contribution in [0.15, 0.2) is 70.1 Å². The molecule has 0 aliphatic rings. The average Bonchev–Trinajstić information content (AvgIpc) is 3.46. The Morgan fingerprint density at radius 1 is 0.980 bits per heavy atom. The van der Waals surface area contributed by atoms with E-state index >= 15 is 0 Å². The van der Waals surface area contributed by atoms with Crippen molar-refractivity contribution in [3.8, 4) is 5.75 Å². The van der Waals surface area contributed by atoms with Crippen molar-refractivity contribution < 1.29 is 45.1 Å². The zero-order chi connectivity index (χ0) is 38.1. The molecule has 2 aromatic carbocycles. The summed E-state index contributed by atoms with van der Waals surface area (Å²) in [6.07, 6.45) is -1.74. The lowest BCUT2D eigenvalue weighted by atomic mass is 10.0. The second kappa shape index (κ2) is 21.1. The number of alkyl halides is 6. The van der Waals surface area contributed by atoms with E-state index < -0.39 is 41.0 Å². The summed E-state index contributed by atoms with van der Waals surface area (Å²) in [7, 11) is 0. The number of aryl methyl sites for hydroxylation is 1. The van der Waals surface area contributed by atoms with Gasteiger partial charge >= 0.3 is 12.4 Å². The molecule has 1 atom stereocenters. The van der Waals surface area contributed by atoms with Gasteiger partial charge in [-0.1, -0.05) is 39.0 Å². The molecule has 0 fully saturated rings. The third kappa shape index (κ3) is 13.6. The monoisotopic (exact) mass is 731 g/mol. The number of carbonyl (C=O) groups excluding carboxylic acids is 2. The van der Waals surface area contributed by atoms with E-state index in [1.54, 1.807) is 6.92 Å².